The average molecular weight is 779 g/mol. The van der Waals surface area contributed by atoms with Gasteiger partial charge >= 0.3 is 36.2 Å². The first kappa shape index (κ1) is 41.0. The third kappa shape index (κ3) is 11.4. The van der Waals surface area contributed by atoms with Crippen LogP contribution in [0.1, 0.15) is 48.9 Å². The van der Waals surface area contributed by atoms with Crippen molar-refractivity contribution in [1.29, 1.82) is 0 Å². The van der Waals surface area contributed by atoms with Crippen molar-refractivity contribution in [2.75, 3.05) is 13.6 Å². The summed E-state index contributed by atoms with van der Waals surface area (Å²) in [6.07, 6.45) is 0.718. The molecule has 57 heavy (non-hydrogen) atoms. The zero-order valence-electron chi connectivity index (χ0n) is 31.1. The number of ether oxygens (including phenoxy) is 8. The summed E-state index contributed by atoms with van der Waals surface area (Å²) in [7, 11) is 0. The Kier molecular flexibility index (Phi) is 13.6. The fraction of sp³-hybridized carbons (Fsp3) is 0.209. The number of aryl methyl sites for hydroxylation is 2. The van der Waals surface area contributed by atoms with E-state index in [-0.39, 0.29) is 24.3 Å². The Labute approximate surface area is 327 Å². The molecule has 0 atom stereocenters. The van der Waals surface area contributed by atoms with Gasteiger partial charge in [0.2, 0.25) is 13.6 Å². The molecule has 0 saturated carbocycles. The molecule has 0 saturated heterocycles. The van der Waals surface area contributed by atoms with Crippen molar-refractivity contribution in [3.8, 4) is 34.1 Å². The van der Waals surface area contributed by atoms with E-state index in [0.717, 1.165) is 45.5 Å². The van der Waals surface area contributed by atoms with E-state index in [0.29, 0.717) is 24.3 Å². The molecule has 0 heterocycles. The van der Waals surface area contributed by atoms with Crippen LogP contribution in [0.5, 0.6) is 23.0 Å². The number of carbonyl (C=O) groups excluding carboxylic acids is 6. The summed E-state index contributed by atoms with van der Waals surface area (Å²) < 4.78 is 39.9. The predicted molar refractivity (Wildman–Crippen MR) is 201 cm³/mol. The molecule has 294 valence electrons. The number of carbonyl (C=O) groups is 6. The van der Waals surface area contributed by atoms with Gasteiger partial charge in [-0.1, -0.05) is 63.4 Å². The van der Waals surface area contributed by atoms with Gasteiger partial charge in [-0.25, -0.2) is 19.2 Å². The van der Waals surface area contributed by atoms with Crippen molar-refractivity contribution in [3.05, 3.63) is 132 Å². The molecule has 0 N–H and O–H groups in total. The third-order valence-corrected chi connectivity index (χ3v) is 8.66. The van der Waals surface area contributed by atoms with Crippen LogP contribution in [0.4, 0.5) is 9.59 Å². The predicted octanol–water partition coefficient (Wildman–Crippen LogP) is 7.47. The highest BCUT2D eigenvalue weighted by Gasteiger charge is 2.36. The SMILES string of the molecule is C=CC(=O)OCOC(=O)Oc1ccc(CCC(=O)Oc2ccc3c(c2)C(C)(C)c2cc(OC(=O)CCc4ccc(OC(=O)OCOC(=O)C=C)cc4)ccc2-3)cc1. The van der Waals surface area contributed by atoms with Crippen molar-refractivity contribution in [2.45, 2.75) is 44.9 Å². The number of hydrogen-bond acceptors (Lipinski definition) is 14. The van der Waals surface area contributed by atoms with Gasteiger partial charge in [-0.3, -0.25) is 9.59 Å². The summed E-state index contributed by atoms with van der Waals surface area (Å²) in [5, 5.41) is 0. The van der Waals surface area contributed by atoms with Crippen molar-refractivity contribution < 1.29 is 66.7 Å². The maximum atomic E-state index is 12.8. The van der Waals surface area contributed by atoms with E-state index in [1.807, 2.05) is 38.1 Å². The second-order valence-corrected chi connectivity index (χ2v) is 12.8. The summed E-state index contributed by atoms with van der Waals surface area (Å²) in [6, 6.07) is 24.0. The molecule has 0 amide bonds. The highest BCUT2D eigenvalue weighted by atomic mass is 16.8. The lowest BCUT2D eigenvalue weighted by atomic mass is 9.82. The van der Waals surface area contributed by atoms with Crippen molar-refractivity contribution in [3.63, 3.8) is 0 Å². The van der Waals surface area contributed by atoms with Crippen LogP contribution >= 0.6 is 0 Å². The van der Waals surface area contributed by atoms with Crippen LogP contribution < -0.4 is 18.9 Å². The monoisotopic (exact) mass is 778 g/mol. The average Bonchev–Trinajstić information content (AvgIpc) is 3.41. The highest BCUT2D eigenvalue weighted by Crippen LogP contribution is 2.50. The molecule has 1 aliphatic carbocycles. The van der Waals surface area contributed by atoms with Crippen LogP contribution in [0, 0.1) is 0 Å². The molecule has 0 spiro atoms. The van der Waals surface area contributed by atoms with Gasteiger partial charge in [0.25, 0.3) is 0 Å². The molecule has 0 aromatic heterocycles. The molecule has 5 rings (SSSR count). The molecule has 0 radical (unpaired) electrons. The first-order valence-corrected chi connectivity index (χ1v) is 17.5. The number of esters is 4. The summed E-state index contributed by atoms with van der Waals surface area (Å²) in [6.45, 7) is 9.34. The van der Waals surface area contributed by atoms with Gasteiger partial charge in [0.05, 0.1) is 0 Å². The second kappa shape index (κ2) is 18.9. The van der Waals surface area contributed by atoms with Crippen molar-refractivity contribution in [1.82, 2.24) is 0 Å². The third-order valence-electron chi connectivity index (χ3n) is 8.66. The molecule has 14 heteroatoms. The summed E-state index contributed by atoms with van der Waals surface area (Å²) >= 11 is 0. The summed E-state index contributed by atoms with van der Waals surface area (Å²) in [4.78, 5) is 71.1. The van der Waals surface area contributed by atoms with Gasteiger partial charge in [-0.05, 0) is 94.8 Å². The minimum absolute atomic E-state index is 0.0977. The Morgan fingerprint density at radius 3 is 1.25 bits per heavy atom. The standard InChI is InChI=1S/C43H38O14/c1-5-37(44)50-25-52-41(48)56-29-13-7-27(8-14-29)11-21-39(46)54-31-17-19-33-34-20-18-32(24-36(34)43(3,4)35(33)23-31)55-40(47)22-12-28-9-15-30(16-10-28)57-42(49)53-26-51-38(45)6-2/h5-10,13-20,23-24H,1-2,11-12,21-22,25-26H2,3-4H3. The van der Waals surface area contributed by atoms with Crippen LogP contribution in [0.3, 0.4) is 0 Å². The van der Waals surface area contributed by atoms with Gasteiger partial charge < -0.3 is 37.9 Å². The zero-order valence-corrected chi connectivity index (χ0v) is 31.1. The molecule has 1 aliphatic rings. The molecular weight excluding hydrogens is 740 g/mol. The molecule has 0 bridgehead atoms. The summed E-state index contributed by atoms with van der Waals surface area (Å²) in [5.74, 6) is -1.12. The number of rotatable bonds is 16. The Bertz CT molecular complexity index is 2010. The van der Waals surface area contributed by atoms with E-state index in [2.05, 4.69) is 32.1 Å². The lowest BCUT2D eigenvalue weighted by Crippen LogP contribution is -2.16. The first-order valence-electron chi connectivity index (χ1n) is 17.5. The van der Waals surface area contributed by atoms with Crippen LogP contribution in [0.15, 0.2) is 110 Å². The van der Waals surface area contributed by atoms with Crippen LogP contribution in [0.2, 0.25) is 0 Å². The van der Waals surface area contributed by atoms with E-state index in [4.69, 9.17) is 18.9 Å². The molecule has 4 aromatic rings. The fourth-order valence-electron chi connectivity index (χ4n) is 5.77. The molecular formula is C43H38O14. The van der Waals surface area contributed by atoms with E-state index in [1.54, 1.807) is 60.7 Å². The smallest absolute Gasteiger partial charge is 0.427 e. The van der Waals surface area contributed by atoms with Crippen LogP contribution in [-0.2, 0) is 56.4 Å². The highest BCUT2D eigenvalue weighted by molar-refractivity contribution is 5.84. The van der Waals surface area contributed by atoms with Gasteiger partial charge in [0.15, 0.2) is 0 Å². The second-order valence-electron chi connectivity index (χ2n) is 12.8. The van der Waals surface area contributed by atoms with E-state index >= 15 is 0 Å². The molecule has 0 fully saturated rings. The molecule has 4 aromatic carbocycles. The van der Waals surface area contributed by atoms with Gasteiger partial charge in [0, 0.05) is 30.4 Å². The van der Waals surface area contributed by atoms with Crippen LogP contribution in [0.25, 0.3) is 11.1 Å². The van der Waals surface area contributed by atoms with Crippen LogP contribution in [-0.4, -0.2) is 49.8 Å². The Morgan fingerprint density at radius 2 is 0.877 bits per heavy atom. The fourth-order valence-corrected chi connectivity index (χ4v) is 5.77. The number of benzene rings is 4. The maximum absolute atomic E-state index is 12.8. The molecule has 0 unspecified atom stereocenters. The van der Waals surface area contributed by atoms with Gasteiger partial charge in [-0.2, -0.15) is 0 Å². The summed E-state index contributed by atoms with van der Waals surface area (Å²) in [5.41, 5.74) is 4.99. The minimum atomic E-state index is -1.05. The Balaban J connectivity index is 1.08. The van der Waals surface area contributed by atoms with Gasteiger partial charge in [-0.15, -0.1) is 0 Å². The normalized spacial score (nSPS) is 11.8. The van der Waals surface area contributed by atoms with Crippen molar-refractivity contribution >= 4 is 36.2 Å². The first-order chi connectivity index (χ1) is 27.3. The lowest BCUT2D eigenvalue weighted by Gasteiger charge is -2.22. The van der Waals surface area contributed by atoms with Crippen molar-refractivity contribution in [2.24, 2.45) is 0 Å². The largest absolute Gasteiger partial charge is 0.516 e. The van der Waals surface area contributed by atoms with E-state index in [9.17, 15) is 28.8 Å². The molecule has 0 aliphatic heterocycles. The Hall–Kier alpha value is -7.22. The minimum Gasteiger partial charge on any atom is -0.427 e. The van der Waals surface area contributed by atoms with Gasteiger partial charge in [0.1, 0.15) is 23.0 Å². The number of fused-ring (bicyclic) bond motifs is 3. The Morgan fingerprint density at radius 1 is 0.509 bits per heavy atom. The number of hydrogen-bond donors (Lipinski definition) is 0. The zero-order chi connectivity index (χ0) is 41.0. The molecule has 14 nitrogen and oxygen atoms in total. The van der Waals surface area contributed by atoms with E-state index in [1.165, 1.54) is 0 Å². The lowest BCUT2D eigenvalue weighted by molar-refractivity contribution is -0.147. The topological polar surface area (TPSA) is 176 Å². The quantitative estimate of drug-likeness (QED) is 0.0360. The maximum Gasteiger partial charge on any atom is 0.516 e. The van der Waals surface area contributed by atoms with E-state index < -0.39 is 55.2 Å².